The number of hydrogen-bond donors (Lipinski definition) is 0. The molecule has 0 spiro atoms. The normalized spacial score (nSPS) is 20.6. The van der Waals surface area contributed by atoms with Gasteiger partial charge in [0.2, 0.25) is 0 Å². The highest BCUT2D eigenvalue weighted by molar-refractivity contribution is 6.32. The molecule has 2 aromatic rings. The third-order valence-electron chi connectivity index (χ3n) is 4.01. The van der Waals surface area contributed by atoms with Crippen LogP contribution in [0.3, 0.4) is 0 Å². The van der Waals surface area contributed by atoms with Crippen molar-refractivity contribution in [2.24, 2.45) is 0 Å². The summed E-state index contributed by atoms with van der Waals surface area (Å²) in [5.41, 5.74) is 0. The van der Waals surface area contributed by atoms with E-state index >= 15 is 0 Å². The maximum atomic E-state index is 6.16. The molecule has 1 aliphatic heterocycles. The van der Waals surface area contributed by atoms with Gasteiger partial charge in [0.25, 0.3) is 0 Å². The Morgan fingerprint density at radius 1 is 1.35 bits per heavy atom. The summed E-state index contributed by atoms with van der Waals surface area (Å²) < 4.78 is 19.0. The summed E-state index contributed by atoms with van der Waals surface area (Å²) in [7, 11) is 1.61. The van der Waals surface area contributed by atoms with E-state index in [2.05, 4.69) is 9.55 Å². The van der Waals surface area contributed by atoms with Crippen LogP contribution in [0.15, 0.2) is 36.9 Å². The molecular formula is C17H21ClN2O3. The van der Waals surface area contributed by atoms with Gasteiger partial charge in [0, 0.05) is 31.4 Å². The number of aromatic nitrogens is 2. The topological polar surface area (TPSA) is 45.5 Å². The van der Waals surface area contributed by atoms with Gasteiger partial charge in [-0.3, -0.25) is 0 Å². The maximum absolute atomic E-state index is 6.16. The lowest BCUT2D eigenvalue weighted by molar-refractivity contribution is 0.0247. The van der Waals surface area contributed by atoms with Crippen molar-refractivity contribution in [3.05, 3.63) is 41.9 Å². The van der Waals surface area contributed by atoms with Gasteiger partial charge < -0.3 is 18.8 Å². The smallest absolute Gasteiger partial charge is 0.138 e. The van der Waals surface area contributed by atoms with E-state index in [4.69, 9.17) is 25.8 Å². The summed E-state index contributed by atoms with van der Waals surface area (Å²) in [5.74, 6) is 1.41. The molecule has 0 saturated carbocycles. The van der Waals surface area contributed by atoms with Crippen molar-refractivity contribution >= 4 is 11.6 Å². The van der Waals surface area contributed by atoms with Crippen molar-refractivity contribution in [2.45, 2.75) is 38.0 Å². The molecule has 3 rings (SSSR count). The fraction of sp³-hybridized carbons (Fsp3) is 0.471. The monoisotopic (exact) mass is 336 g/mol. The molecule has 1 aliphatic rings. The van der Waals surface area contributed by atoms with E-state index in [1.165, 1.54) is 0 Å². The fourth-order valence-corrected chi connectivity index (χ4v) is 3.01. The minimum absolute atomic E-state index is 0.251. The van der Waals surface area contributed by atoms with Crippen molar-refractivity contribution in [3.63, 3.8) is 0 Å². The Bertz CT molecular complexity index is 618. The molecule has 23 heavy (non-hydrogen) atoms. The Morgan fingerprint density at radius 2 is 2.22 bits per heavy atom. The Labute approximate surface area is 141 Å². The van der Waals surface area contributed by atoms with Gasteiger partial charge in [-0.2, -0.15) is 0 Å². The standard InChI is InChI=1S/C17H21ClN2O3/c1-21-14-4-5-17(16(18)10-14)22-9-6-13-2-3-15(23-13)11-20-8-7-19-12-20/h4-5,7-8,10,12-13,15H,2-3,6,9,11H2,1H3. The Morgan fingerprint density at radius 3 is 2.96 bits per heavy atom. The summed E-state index contributed by atoms with van der Waals surface area (Å²) in [6, 6.07) is 5.43. The number of benzene rings is 1. The van der Waals surface area contributed by atoms with Crippen molar-refractivity contribution in [1.29, 1.82) is 0 Å². The van der Waals surface area contributed by atoms with Gasteiger partial charge in [0.15, 0.2) is 0 Å². The summed E-state index contributed by atoms with van der Waals surface area (Å²) in [5, 5.41) is 0.565. The van der Waals surface area contributed by atoms with Crippen LogP contribution < -0.4 is 9.47 Å². The van der Waals surface area contributed by atoms with Crippen LogP contribution in [0.5, 0.6) is 11.5 Å². The van der Waals surface area contributed by atoms with Crippen LogP contribution in [0.4, 0.5) is 0 Å². The highest BCUT2D eigenvalue weighted by Gasteiger charge is 2.25. The molecule has 0 N–H and O–H groups in total. The quantitative estimate of drug-likeness (QED) is 0.775. The van der Waals surface area contributed by atoms with Crippen LogP contribution in [-0.4, -0.2) is 35.5 Å². The second-order valence-electron chi connectivity index (χ2n) is 5.65. The van der Waals surface area contributed by atoms with Crippen LogP contribution in [0.1, 0.15) is 19.3 Å². The molecule has 1 aromatic carbocycles. The summed E-state index contributed by atoms with van der Waals surface area (Å²) in [6.07, 6.45) is 9.10. The number of methoxy groups -OCH3 is 1. The van der Waals surface area contributed by atoms with Crippen LogP contribution in [0.25, 0.3) is 0 Å². The fourth-order valence-electron chi connectivity index (χ4n) is 2.78. The molecular weight excluding hydrogens is 316 g/mol. The molecule has 5 nitrogen and oxygen atoms in total. The summed E-state index contributed by atoms with van der Waals surface area (Å²) in [4.78, 5) is 4.05. The van der Waals surface area contributed by atoms with Gasteiger partial charge in [-0.05, 0) is 25.0 Å². The zero-order chi connectivity index (χ0) is 16.1. The third kappa shape index (κ3) is 4.39. The van der Waals surface area contributed by atoms with Crippen LogP contribution >= 0.6 is 11.6 Å². The molecule has 124 valence electrons. The van der Waals surface area contributed by atoms with Gasteiger partial charge in [-0.15, -0.1) is 0 Å². The minimum Gasteiger partial charge on any atom is -0.497 e. The van der Waals surface area contributed by atoms with Crippen molar-refractivity contribution < 1.29 is 14.2 Å². The summed E-state index contributed by atoms with van der Waals surface area (Å²) >= 11 is 6.16. The summed E-state index contributed by atoms with van der Waals surface area (Å²) in [6.45, 7) is 1.45. The van der Waals surface area contributed by atoms with E-state index in [1.807, 2.05) is 24.7 Å². The second-order valence-corrected chi connectivity index (χ2v) is 6.06. The average molecular weight is 337 g/mol. The van der Waals surface area contributed by atoms with E-state index in [0.717, 1.165) is 31.6 Å². The molecule has 2 heterocycles. The molecule has 2 unspecified atom stereocenters. The molecule has 1 fully saturated rings. The second kappa shape index (κ2) is 7.70. The predicted molar refractivity (Wildman–Crippen MR) is 88.2 cm³/mol. The zero-order valence-corrected chi connectivity index (χ0v) is 13.9. The van der Waals surface area contributed by atoms with Gasteiger partial charge in [-0.25, -0.2) is 4.98 Å². The Hall–Kier alpha value is -1.72. The number of ether oxygens (including phenoxy) is 3. The molecule has 0 radical (unpaired) electrons. The first-order valence-electron chi connectivity index (χ1n) is 7.82. The van der Waals surface area contributed by atoms with Crippen molar-refractivity contribution in [3.8, 4) is 11.5 Å². The maximum Gasteiger partial charge on any atom is 0.138 e. The first-order chi connectivity index (χ1) is 11.2. The zero-order valence-electron chi connectivity index (χ0n) is 13.2. The number of halogens is 1. The molecule has 2 atom stereocenters. The number of nitrogens with zero attached hydrogens (tertiary/aromatic N) is 2. The Kier molecular flexibility index (Phi) is 5.41. The number of rotatable bonds is 7. The first kappa shape index (κ1) is 16.1. The van der Waals surface area contributed by atoms with E-state index in [0.29, 0.717) is 17.4 Å². The molecule has 1 aromatic heterocycles. The molecule has 0 aliphatic carbocycles. The van der Waals surface area contributed by atoms with Gasteiger partial charge >= 0.3 is 0 Å². The predicted octanol–water partition coefficient (Wildman–Crippen LogP) is 3.56. The highest BCUT2D eigenvalue weighted by Crippen LogP contribution is 2.29. The lowest BCUT2D eigenvalue weighted by Crippen LogP contribution is -2.18. The van der Waals surface area contributed by atoms with E-state index in [9.17, 15) is 0 Å². The van der Waals surface area contributed by atoms with Crippen LogP contribution in [0.2, 0.25) is 5.02 Å². The third-order valence-corrected chi connectivity index (χ3v) is 4.30. The lowest BCUT2D eigenvalue weighted by Gasteiger charge is -2.15. The molecule has 6 heteroatoms. The molecule has 0 bridgehead atoms. The van der Waals surface area contributed by atoms with Gasteiger partial charge in [-0.1, -0.05) is 11.6 Å². The van der Waals surface area contributed by atoms with Crippen molar-refractivity contribution in [2.75, 3.05) is 13.7 Å². The van der Waals surface area contributed by atoms with E-state index < -0.39 is 0 Å². The van der Waals surface area contributed by atoms with Crippen molar-refractivity contribution in [1.82, 2.24) is 9.55 Å². The largest absolute Gasteiger partial charge is 0.497 e. The van der Waals surface area contributed by atoms with E-state index in [-0.39, 0.29) is 12.2 Å². The highest BCUT2D eigenvalue weighted by atomic mass is 35.5. The van der Waals surface area contributed by atoms with Gasteiger partial charge in [0.1, 0.15) is 11.5 Å². The number of hydrogen-bond acceptors (Lipinski definition) is 4. The lowest BCUT2D eigenvalue weighted by atomic mass is 10.1. The average Bonchev–Trinajstić information content (AvgIpc) is 3.21. The minimum atomic E-state index is 0.251. The molecule has 0 amide bonds. The van der Waals surface area contributed by atoms with Crippen LogP contribution in [0, 0.1) is 0 Å². The Balaban J connectivity index is 1.41. The van der Waals surface area contributed by atoms with Gasteiger partial charge in [0.05, 0.1) is 37.3 Å². The van der Waals surface area contributed by atoms with E-state index in [1.54, 1.807) is 19.4 Å². The van der Waals surface area contributed by atoms with Crippen LogP contribution in [-0.2, 0) is 11.3 Å². The first-order valence-corrected chi connectivity index (χ1v) is 8.20. The molecule has 1 saturated heterocycles. The number of imidazole rings is 1. The SMILES string of the molecule is COc1ccc(OCCC2CCC(Cn3ccnc3)O2)c(Cl)c1.